The zero-order valence-electron chi connectivity index (χ0n) is 11.9. The number of rotatable bonds is 4. The van der Waals surface area contributed by atoms with E-state index in [-0.39, 0.29) is 23.3 Å². The van der Waals surface area contributed by atoms with Gasteiger partial charge in [-0.3, -0.25) is 4.79 Å². The molecule has 1 aliphatic rings. The monoisotopic (exact) mass is 374 g/mol. The van der Waals surface area contributed by atoms with E-state index in [9.17, 15) is 13.2 Å². The maximum atomic E-state index is 12.6. The van der Waals surface area contributed by atoms with Crippen LogP contribution in [0, 0.1) is 5.92 Å². The van der Waals surface area contributed by atoms with Crippen LogP contribution in [0.2, 0.25) is 0 Å². The number of hydrogen-bond acceptors (Lipinski definition) is 3. The van der Waals surface area contributed by atoms with Gasteiger partial charge in [0.2, 0.25) is 15.9 Å². The molecule has 1 aromatic carbocycles. The highest BCUT2D eigenvalue weighted by atomic mass is 79.9. The molecule has 1 aliphatic heterocycles. The minimum atomic E-state index is -3.52. The summed E-state index contributed by atoms with van der Waals surface area (Å²) in [7, 11) is -1.95. The predicted molar refractivity (Wildman–Crippen MR) is 84.6 cm³/mol. The number of carbonyl (C=O) groups is 1. The molecule has 0 radical (unpaired) electrons. The van der Waals surface area contributed by atoms with Crippen molar-refractivity contribution in [3.63, 3.8) is 0 Å². The highest BCUT2D eigenvalue weighted by molar-refractivity contribution is 9.08. The summed E-state index contributed by atoms with van der Waals surface area (Å²) in [4.78, 5) is 12.0. The average molecular weight is 375 g/mol. The van der Waals surface area contributed by atoms with Crippen molar-refractivity contribution in [1.29, 1.82) is 0 Å². The smallest absolute Gasteiger partial charge is 0.243 e. The Balaban J connectivity index is 2.19. The second-order valence-corrected chi connectivity index (χ2v) is 7.59. The molecule has 2 rings (SSSR count). The van der Waals surface area contributed by atoms with Crippen molar-refractivity contribution < 1.29 is 13.2 Å². The van der Waals surface area contributed by atoms with E-state index in [0.29, 0.717) is 18.3 Å². The van der Waals surface area contributed by atoms with Gasteiger partial charge in [-0.1, -0.05) is 28.1 Å². The van der Waals surface area contributed by atoms with Crippen LogP contribution in [-0.2, 0) is 20.1 Å². The van der Waals surface area contributed by atoms with Gasteiger partial charge in [-0.15, -0.1) is 0 Å². The zero-order chi connectivity index (χ0) is 15.5. The van der Waals surface area contributed by atoms with E-state index < -0.39 is 10.0 Å². The number of hydrogen-bond donors (Lipinski definition) is 1. The lowest BCUT2D eigenvalue weighted by Crippen LogP contribution is -2.44. The Kier molecular flexibility index (Phi) is 5.40. The molecule has 1 amide bonds. The molecule has 5 nitrogen and oxygen atoms in total. The summed E-state index contributed by atoms with van der Waals surface area (Å²) in [6, 6.07) is 6.83. The molecule has 0 aliphatic carbocycles. The van der Waals surface area contributed by atoms with Gasteiger partial charge in [-0.05, 0) is 30.5 Å². The second kappa shape index (κ2) is 6.89. The van der Waals surface area contributed by atoms with Crippen molar-refractivity contribution in [3.8, 4) is 0 Å². The number of piperidine rings is 1. The van der Waals surface area contributed by atoms with Gasteiger partial charge < -0.3 is 5.32 Å². The third-order valence-corrected chi connectivity index (χ3v) is 6.24. The molecule has 0 aromatic heterocycles. The maximum Gasteiger partial charge on any atom is 0.243 e. The SMILES string of the molecule is CNC(=O)C1CCCN(S(=O)(=O)c2ccc(CBr)cc2)C1. The van der Waals surface area contributed by atoms with Gasteiger partial charge in [0.1, 0.15) is 0 Å². The number of alkyl halides is 1. The quantitative estimate of drug-likeness (QED) is 0.816. The second-order valence-electron chi connectivity index (χ2n) is 5.09. The van der Waals surface area contributed by atoms with Gasteiger partial charge in [0.15, 0.2) is 0 Å². The van der Waals surface area contributed by atoms with Crippen molar-refractivity contribution in [2.24, 2.45) is 5.92 Å². The minimum absolute atomic E-state index is 0.0930. The van der Waals surface area contributed by atoms with Crippen molar-refractivity contribution >= 4 is 31.9 Å². The fraction of sp³-hybridized carbons (Fsp3) is 0.500. The summed E-state index contributed by atoms with van der Waals surface area (Å²) in [6.07, 6.45) is 1.44. The van der Waals surface area contributed by atoms with Crippen LogP contribution in [0.1, 0.15) is 18.4 Å². The normalized spacial score (nSPS) is 20.2. The Bertz CT molecular complexity index is 601. The van der Waals surface area contributed by atoms with Crippen LogP contribution in [0.15, 0.2) is 29.2 Å². The molecule has 1 saturated heterocycles. The lowest BCUT2D eigenvalue weighted by atomic mass is 9.99. The number of halogens is 1. The summed E-state index contributed by atoms with van der Waals surface area (Å²) in [6.45, 7) is 0.720. The van der Waals surface area contributed by atoms with Crippen LogP contribution in [-0.4, -0.2) is 38.8 Å². The Morgan fingerprint density at radius 3 is 2.62 bits per heavy atom. The first-order chi connectivity index (χ1) is 9.98. The first-order valence-electron chi connectivity index (χ1n) is 6.85. The highest BCUT2D eigenvalue weighted by Gasteiger charge is 2.32. The van der Waals surface area contributed by atoms with E-state index in [1.165, 1.54) is 4.31 Å². The molecule has 1 fully saturated rings. The Morgan fingerprint density at radius 1 is 1.38 bits per heavy atom. The number of carbonyl (C=O) groups excluding carboxylic acids is 1. The largest absolute Gasteiger partial charge is 0.359 e. The van der Waals surface area contributed by atoms with E-state index in [0.717, 1.165) is 12.0 Å². The van der Waals surface area contributed by atoms with E-state index in [1.54, 1.807) is 31.3 Å². The first kappa shape index (κ1) is 16.5. The van der Waals surface area contributed by atoms with Crippen molar-refractivity contribution in [2.45, 2.75) is 23.1 Å². The van der Waals surface area contributed by atoms with Crippen molar-refractivity contribution in [1.82, 2.24) is 9.62 Å². The summed E-state index contributed by atoms with van der Waals surface area (Å²) in [5.41, 5.74) is 1.02. The van der Waals surface area contributed by atoms with E-state index >= 15 is 0 Å². The van der Waals surface area contributed by atoms with E-state index in [2.05, 4.69) is 21.2 Å². The average Bonchev–Trinajstić information content (AvgIpc) is 2.54. The van der Waals surface area contributed by atoms with Gasteiger partial charge in [-0.25, -0.2) is 8.42 Å². The maximum absolute atomic E-state index is 12.6. The van der Waals surface area contributed by atoms with Gasteiger partial charge in [-0.2, -0.15) is 4.31 Å². The van der Waals surface area contributed by atoms with Crippen molar-refractivity contribution in [2.75, 3.05) is 20.1 Å². The van der Waals surface area contributed by atoms with Crippen LogP contribution in [0.5, 0.6) is 0 Å². The summed E-state index contributed by atoms with van der Waals surface area (Å²) in [5.74, 6) is -0.357. The van der Waals surface area contributed by atoms with Gasteiger partial charge in [0, 0.05) is 25.5 Å². The number of nitrogens with zero attached hydrogens (tertiary/aromatic N) is 1. The molecule has 1 N–H and O–H groups in total. The van der Waals surface area contributed by atoms with E-state index in [1.807, 2.05) is 0 Å². The van der Waals surface area contributed by atoms with Crippen LogP contribution in [0.3, 0.4) is 0 Å². The first-order valence-corrected chi connectivity index (χ1v) is 9.42. The van der Waals surface area contributed by atoms with Gasteiger partial charge in [0.05, 0.1) is 10.8 Å². The molecule has 7 heteroatoms. The fourth-order valence-corrected chi connectivity index (χ4v) is 4.38. The van der Waals surface area contributed by atoms with Crippen molar-refractivity contribution in [3.05, 3.63) is 29.8 Å². The van der Waals surface area contributed by atoms with Crippen LogP contribution in [0.25, 0.3) is 0 Å². The molecule has 0 spiro atoms. The van der Waals surface area contributed by atoms with Gasteiger partial charge >= 0.3 is 0 Å². The summed E-state index contributed by atoms with van der Waals surface area (Å²) in [5, 5.41) is 3.29. The molecule has 1 heterocycles. The molecule has 1 aromatic rings. The highest BCUT2D eigenvalue weighted by Crippen LogP contribution is 2.24. The predicted octanol–water partition coefficient (Wildman–Crippen LogP) is 1.73. The molecular weight excluding hydrogens is 356 g/mol. The summed E-state index contributed by atoms with van der Waals surface area (Å²) < 4.78 is 26.7. The third-order valence-electron chi connectivity index (χ3n) is 3.72. The minimum Gasteiger partial charge on any atom is -0.359 e. The van der Waals surface area contributed by atoms with E-state index in [4.69, 9.17) is 0 Å². The fourth-order valence-electron chi connectivity index (χ4n) is 2.48. The van der Waals surface area contributed by atoms with Crippen LogP contribution in [0.4, 0.5) is 0 Å². The van der Waals surface area contributed by atoms with Crippen LogP contribution < -0.4 is 5.32 Å². The molecule has 1 atom stereocenters. The molecule has 21 heavy (non-hydrogen) atoms. The molecule has 1 unspecified atom stereocenters. The number of amides is 1. The molecule has 116 valence electrons. The Hall–Kier alpha value is -0.920. The molecular formula is C14H19BrN2O3S. The standard InChI is InChI=1S/C14H19BrN2O3S/c1-16-14(18)12-3-2-8-17(10-12)21(19,20)13-6-4-11(9-15)5-7-13/h4-7,12H,2-3,8-10H2,1H3,(H,16,18). The van der Waals surface area contributed by atoms with Gasteiger partial charge in [0.25, 0.3) is 0 Å². The molecule has 0 bridgehead atoms. The summed E-state index contributed by atoms with van der Waals surface area (Å²) >= 11 is 3.34. The Morgan fingerprint density at radius 2 is 2.05 bits per heavy atom. The number of nitrogens with one attached hydrogen (secondary N) is 1. The number of benzene rings is 1. The third kappa shape index (κ3) is 3.64. The Labute approximate surface area is 133 Å². The topological polar surface area (TPSA) is 66.5 Å². The lowest BCUT2D eigenvalue weighted by molar-refractivity contribution is -0.125. The zero-order valence-corrected chi connectivity index (χ0v) is 14.3. The number of sulfonamides is 1. The lowest BCUT2D eigenvalue weighted by Gasteiger charge is -2.31. The molecule has 0 saturated carbocycles. The van der Waals surface area contributed by atoms with Crippen LogP contribution >= 0.6 is 15.9 Å².